The Labute approximate surface area is 148 Å². The lowest BCUT2D eigenvalue weighted by atomic mass is 10.0. The van der Waals surface area contributed by atoms with Gasteiger partial charge in [-0.25, -0.2) is 30.7 Å². The monoisotopic (exact) mass is 408 g/mol. The van der Waals surface area contributed by atoms with Gasteiger partial charge in [-0.15, -0.1) is 0 Å². The van der Waals surface area contributed by atoms with Gasteiger partial charge in [-0.2, -0.15) is 0 Å². The standard InChI is InChI=1S/C17H21F8P/c1-2-26(13-7-3-5-10(19)14(13)22)9-12(21)16(24)17(25)15(23)11(20)6-4-8-18/h3,5,7,11-12,15-17H,2,4,6,8-9H2,1H3. The van der Waals surface area contributed by atoms with Gasteiger partial charge >= 0.3 is 0 Å². The van der Waals surface area contributed by atoms with Gasteiger partial charge in [-0.3, -0.25) is 4.39 Å². The molecule has 26 heavy (non-hydrogen) atoms. The zero-order valence-corrected chi connectivity index (χ0v) is 15.0. The Kier molecular flexibility index (Phi) is 9.83. The van der Waals surface area contributed by atoms with E-state index in [1.807, 2.05) is 0 Å². The lowest BCUT2D eigenvalue weighted by Crippen LogP contribution is -2.41. The fourth-order valence-electron chi connectivity index (χ4n) is 2.45. The maximum Gasteiger partial charge on any atom is 0.168 e. The Balaban J connectivity index is 2.77. The summed E-state index contributed by atoms with van der Waals surface area (Å²) >= 11 is 0. The number of hydrogen-bond acceptors (Lipinski definition) is 0. The number of halogens is 8. The van der Waals surface area contributed by atoms with Crippen molar-refractivity contribution in [2.75, 3.05) is 19.0 Å². The predicted octanol–water partition coefficient (Wildman–Crippen LogP) is 5.53. The smallest absolute Gasteiger partial charge is 0.168 e. The van der Waals surface area contributed by atoms with E-state index in [4.69, 9.17) is 0 Å². The SMILES string of the molecule is CCP(CC(F)C(F)C(F)C(F)C(F)CCCF)c1cccc(F)c1F. The summed E-state index contributed by atoms with van der Waals surface area (Å²) in [5.74, 6) is -2.32. The van der Waals surface area contributed by atoms with Crippen molar-refractivity contribution >= 4 is 13.2 Å². The first kappa shape index (κ1) is 23.1. The molecule has 0 aliphatic heterocycles. The zero-order chi connectivity index (χ0) is 19.9. The molecule has 1 aromatic rings. The van der Waals surface area contributed by atoms with Gasteiger partial charge in [-0.1, -0.05) is 27.0 Å². The van der Waals surface area contributed by atoms with Crippen LogP contribution in [-0.2, 0) is 0 Å². The molecule has 0 N–H and O–H groups in total. The van der Waals surface area contributed by atoms with E-state index in [0.717, 1.165) is 6.07 Å². The van der Waals surface area contributed by atoms with E-state index in [9.17, 15) is 35.1 Å². The normalized spacial score (nSPS) is 18.8. The fourth-order valence-corrected chi connectivity index (χ4v) is 4.55. The lowest BCUT2D eigenvalue weighted by Gasteiger charge is -2.25. The molecule has 6 unspecified atom stereocenters. The summed E-state index contributed by atoms with van der Waals surface area (Å²) < 4.78 is 108. The second-order valence-corrected chi connectivity index (χ2v) is 8.37. The molecule has 9 heteroatoms. The minimum atomic E-state index is -3.06. The predicted molar refractivity (Wildman–Crippen MR) is 88.0 cm³/mol. The van der Waals surface area contributed by atoms with Gasteiger partial charge < -0.3 is 0 Å². The van der Waals surface area contributed by atoms with E-state index >= 15 is 0 Å². The van der Waals surface area contributed by atoms with Gasteiger partial charge in [0.25, 0.3) is 0 Å². The minimum Gasteiger partial charge on any atom is -0.251 e. The van der Waals surface area contributed by atoms with Crippen molar-refractivity contribution in [2.45, 2.75) is 50.6 Å². The van der Waals surface area contributed by atoms with Gasteiger partial charge in [-0.05, 0) is 25.1 Å². The first-order valence-electron chi connectivity index (χ1n) is 8.19. The Bertz CT molecular complexity index is 543. The van der Waals surface area contributed by atoms with Crippen molar-refractivity contribution in [2.24, 2.45) is 0 Å². The van der Waals surface area contributed by atoms with Crippen LogP contribution < -0.4 is 5.30 Å². The van der Waals surface area contributed by atoms with Gasteiger partial charge in [0, 0.05) is 11.5 Å². The van der Waals surface area contributed by atoms with Crippen LogP contribution in [0, 0.1) is 11.6 Å². The summed E-state index contributed by atoms with van der Waals surface area (Å²) in [6, 6.07) is 3.32. The van der Waals surface area contributed by atoms with Crippen LogP contribution in [-0.4, -0.2) is 49.9 Å². The van der Waals surface area contributed by atoms with E-state index in [2.05, 4.69) is 0 Å². The third-order valence-electron chi connectivity index (χ3n) is 3.96. The van der Waals surface area contributed by atoms with Crippen molar-refractivity contribution in [3.63, 3.8) is 0 Å². The maximum absolute atomic E-state index is 14.1. The Hall–Kier alpha value is -0.910. The summed E-state index contributed by atoms with van der Waals surface area (Å²) in [5, 5.41) is -0.129. The molecule has 6 atom stereocenters. The number of hydrogen-bond donors (Lipinski definition) is 0. The van der Waals surface area contributed by atoms with Crippen LogP contribution in [0.2, 0.25) is 0 Å². The summed E-state index contributed by atoms with van der Waals surface area (Å²) in [5.41, 5.74) is 0. The van der Waals surface area contributed by atoms with Crippen LogP contribution in [0.25, 0.3) is 0 Å². The molecular weight excluding hydrogens is 387 g/mol. The van der Waals surface area contributed by atoms with E-state index in [0.29, 0.717) is 0 Å². The number of alkyl halides is 6. The van der Waals surface area contributed by atoms with Crippen LogP contribution in [0.5, 0.6) is 0 Å². The molecule has 0 heterocycles. The Morgan fingerprint density at radius 1 is 0.923 bits per heavy atom. The highest BCUT2D eigenvalue weighted by Crippen LogP contribution is 2.38. The van der Waals surface area contributed by atoms with Crippen LogP contribution in [0.1, 0.15) is 19.8 Å². The van der Waals surface area contributed by atoms with E-state index in [-0.39, 0.29) is 17.9 Å². The number of benzene rings is 1. The topological polar surface area (TPSA) is 0 Å². The largest absolute Gasteiger partial charge is 0.251 e. The van der Waals surface area contributed by atoms with Crippen molar-refractivity contribution in [1.29, 1.82) is 0 Å². The van der Waals surface area contributed by atoms with Gasteiger partial charge in [0.2, 0.25) is 0 Å². The first-order valence-corrected chi connectivity index (χ1v) is 9.91. The van der Waals surface area contributed by atoms with Crippen molar-refractivity contribution < 1.29 is 35.1 Å². The van der Waals surface area contributed by atoms with Crippen LogP contribution in [0.15, 0.2) is 18.2 Å². The average molecular weight is 408 g/mol. The van der Waals surface area contributed by atoms with Crippen molar-refractivity contribution in [3.05, 3.63) is 29.8 Å². The minimum absolute atomic E-state index is 0.129. The zero-order valence-electron chi connectivity index (χ0n) is 14.1. The van der Waals surface area contributed by atoms with Crippen LogP contribution >= 0.6 is 7.92 Å². The van der Waals surface area contributed by atoms with Crippen molar-refractivity contribution in [1.82, 2.24) is 0 Å². The molecule has 1 rings (SSSR count). The molecule has 0 aliphatic rings. The Morgan fingerprint density at radius 2 is 1.54 bits per heavy atom. The molecule has 0 bridgehead atoms. The van der Waals surface area contributed by atoms with Crippen molar-refractivity contribution in [3.8, 4) is 0 Å². The molecule has 0 fully saturated rings. The molecular formula is C17H21F8P. The average Bonchev–Trinajstić information content (AvgIpc) is 2.64. The van der Waals surface area contributed by atoms with E-state index in [1.165, 1.54) is 12.1 Å². The lowest BCUT2D eigenvalue weighted by molar-refractivity contribution is 0.00363. The third kappa shape index (κ3) is 6.07. The summed E-state index contributed by atoms with van der Waals surface area (Å²) in [4.78, 5) is 0. The van der Waals surface area contributed by atoms with E-state index in [1.54, 1.807) is 6.92 Å². The van der Waals surface area contributed by atoms with E-state index < -0.39 is 69.7 Å². The van der Waals surface area contributed by atoms with Gasteiger partial charge in [0.05, 0.1) is 6.67 Å². The molecule has 0 radical (unpaired) electrons. The Morgan fingerprint density at radius 3 is 2.12 bits per heavy atom. The highest BCUT2D eigenvalue weighted by Gasteiger charge is 2.41. The molecule has 0 amide bonds. The summed E-state index contributed by atoms with van der Waals surface area (Å²) in [6.45, 7) is 0.615. The molecule has 0 saturated heterocycles. The number of rotatable bonds is 11. The molecule has 0 spiro atoms. The second-order valence-electron chi connectivity index (χ2n) is 5.81. The van der Waals surface area contributed by atoms with Crippen LogP contribution in [0.3, 0.4) is 0 Å². The molecule has 0 aliphatic carbocycles. The second kappa shape index (κ2) is 11.1. The molecule has 0 aromatic heterocycles. The van der Waals surface area contributed by atoms with Crippen LogP contribution in [0.4, 0.5) is 35.1 Å². The quantitative estimate of drug-likeness (QED) is 0.334. The van der Waals surface area contributed by atoms with Gasteiger partial charge in [0.15, 0.2) is 30.1 Å². The third-order valence-corrected chi connectivity index (χ3v) is 6.54. The molecule has 0 nitrogen and oxygen atoms in total. The molecule has 1 aromatic carbocycles. The first-order chi connectivity index (χ1) is 12.2. The molecule has 150 valence electrons. The summed E-state index contributed by atoms with van der Waals surface area (Å²) in [6.07, 6.45) is -15.4. The molecule has 0 saturated carbocycles. The van der Waals surface area contributed by atoms with Gasteiger partial charge in [0.1, 0.15) is 12.3 Å². The fraction of sp³-hybridized carbons (Fsp3) is 0.647. The highest BCUT2D eigenvalue weighted by atomic mass is 31.1. The maximum atomic E-state index is 14.1. The highest BCUT2D eigenvalue weighted by molar-refractivity contribution is 7.65. The summed E-state index contributed by atoms with van der Waals surface area (Å²) in [7, 11) is -1.69.